The van der Waals surface area contributed by atoms with Crippen LogP contribution in [0.1, 0.15) is 36.8 Å². The molecule has 0 bridgehead atoms. The molecule has 0 radical (unpaired) electrons. The SMILES string of the molecule is COc1ccc(CCCC2CCN(C(=O)NS(=O)(=O)/C=C/c3ccccc3)CC2)cc1. The molecule has 0 aromatic heterocycles. The van der Waals surface area contributed by atoms with Gasteiger partial charge < -0.3 is 9.64 Å². The van der Waals surface area contributed by atoms with Crippen molar-refractivity contribution < 1.29 is 17.9 Å². The number of sulfonamides is 1. The van der Waals surface area contributed by atoms with Crippen LogP contribution in [0.2, 0.25) is 0 Å². The summed E-state index contributed by atoms with van der Waals surface area (Å²) in [5, 5.41) is 1.03. The number of hydrogen-bond acceptors (Lipinski definition) is 4. The van der Waals surface area contributed by atoms with Crippen molar-refractivity contribution >= 4 is 22.1 Å². The van der Waals surface area contributed by atoms with Gasteiger partial charge in [-0.05, 0) is 67.4 Å². The highest BCUT2D eigenvalue weighted by atomic mass is 32.2. The van der Waals surface area contributed by atoms with Crippen molar-refractivity contribution in [3.8, 4) is 5.75 Å². The summed E-state index contributed by atoms with van der Waals surface area (Å²) in [7, 11) is -2.16. The number of piperidine rings is 1. The van der Waals surface area contributed by atoms with Crippen molar-refractivity contribution in [1.82, 2.24) is 9.62 Å². The summed E-state index contributed by atoms with van der Waals surface area (Å²) < 4.78 is 31.7. The molecule has 1 fully saturated rings. The summed E-state index contributed by atoms with van der Waals surface area (Å²) in [4.78, 5) is 14.0. The first kappa shape index (κ1) is 22.9. The lowest BCUT2D eigenvalue weighted by Gasteiger charge is -2.31. The Labute approximate surface area is 185 Å². The van der Waals surface area contributed by atoms with Crippen LogP contribution in [0.4, 0.5) is 4.79 Å². The fourth-order valence-corrected chi connectivity index (χ4v) is 4.54. The lowest BCUT2D eigenvalue weighted by Crippen LogP contribution is -2.45. The summed E-state index contributed by atoms with van der Waals surface area (Å²) in [6.45, 7) is 1.16. The van der Waals surface area contributed by atoms with Crippen molar-refractivity contribution in [3.05, 3.63) is 71.1 Å². The van der Waals surface area contributed by atoms with Gasteiger partial charge in [-0.15, -0.1) is 0 Å². The maximum atomic E-state index is 12.4. The molecule has 1 aliphatic rings. The van der Waals surface area contributed by atoms with Crippen LogP contribution in [0, 0.1) is 5.92 Å². The Kier molecular flexibility index (Phi) is 8.12. The maximum Gasteiger partial charge on any atom is 0.331 e. The summed E-state index contributed by atoms with van der Waals surface area (Å²) in [6, 6.07) is 16.7. The van der Waals surface area contributed by atoms with Gasteiger partial charge in [0, 0.05) is 13.1 Å². The van der Waals surface area contributed by atoms with Crippen molar-refractivity contribution in [2.45, 2.75) is 32.1 Å². The van der Waals surface area contributed by atoms with E-state index in [0.717, 1.165) is 48.8 Å². The van der Waals surface area contributed by atoms with Gasteiger partial charge in [-0.25, -0.2) is 17.9 Å². The van der Waals surface area contributed by atoms with E-state index in [1.54, 1.807) is 24.1 Å². The van der Waals surface area contributed by atoms with Crippen molar-refractivity contribution in [3.63, 3.8) is 0 Å². The van der Waals surface area contributed by atoms with Gasteiger partial charge in [-0.3, -0.25) is 0 Å². The zero-order valence-corrected chi connectivity index (χ0v) is 18.7. The van der Waals surface area contributed by atoms with Gasteiger partial charge in [-0.1, -0.05) is 42.5 Å². The van der Waals surface area contributed by atoms with Gasteiger partial charge in [-0.2, -0.15) is 0 Å². The molecule has 1 saturated heterocycles. The number of likely N-dealkylation sites (tertiary alicyclic amines) is 1. The summed E-state index contributed by atoms with van der Waals surface area (Å²) in [6.07, 6.45) is 6.51. The fourth-order valence-electron chi connectivity index (χ4n) is 3.76. The average Bonchev–Trinajstić information content (AvgIpc) is 2.79. The fraction of sp³-hybridized carbons (Fsp3) is 0.375. The summed E-state index contributed by atoms with van der Waals surface area (Å²) in [5.74, 6) is 1.43. The second kappa shape index (κ2) is 11.0. The number of aryl methyl sites for hydroxylation is 1. The van der Waals surface area contributed by atoms with Crippen LogP contribution in [-0.2, 0) is 16.4 Å². The Bertz CT molecular complexity index is 964. The molecule has 0 saturated carbocycles. The van der Waals surface area contributed by atoms with Crippen LogP contribution < -0.4 is 9.46 Å². The Morgan fingerprint density at radius 1 is 1.10 bits per heavy atom. The van der Waals surface area contributed by atoms with E-state index < -0.39 is 16.1 Å². The minimum atomic E-state index is -3.82. The van der Waals surface area contributed by atoms with Crippen LogP contribution in [0.15, 0.2) is 60.0 Å². The molecule has 2 aromatic rings. The third kappa shape index (κ3) is 7.43. The maximum absolute atomic E-state index is 12.4. The molecule has 6 nitrogen and oxygen atoms in total. The molecule has 1 N–H and O–H groups in total. The molecule has 2 amide bonds. The van der Waals surface area contributed by atoms with E-state index in [9.17, 15) is 13.2 Å². The summed E-state index contributed by atoms with van der Waals surface area (Å²) in [5.41, 5.74) is 2.06. The second-order valence-electron chi connectivity index (χ2n) is 7.84. The minimum absolute atomic E-state index is 0.547. The molecule has 31 heavy (non-hydrogen) atoms. The van der Waals surface area contributed by atoms with E-state index in [4.69, 9.17) is 4.74 Å². The van der Waals surface area contributed by atoms with E-state index in [0.29, 0.717) is 19.0 Å². The molecular formula is C24H30N2O4S. The van der Waals surface area contributed by atoms with Gasteiger partial charge in [0.05, 0.1) is 12.5 Å². The topological polar surface area (TPSA) is 75.7 Å². The van der Waals surface area contributed by atoms with Gasteiger partial charge in [0.15, 0.2) is 0 Å². The molecule has 3 rings (SSSR count). The van der Waals surface area contributed by atoms with Crippen LogP contribution in [0.5, 0.6) is 5.75 Å². The lowest BCUT2D eigenvalue weighted by atomic mass is 9.91. The molecule has 2 aromatic carbocycles. The predicted octanol–water partition coefficient (Wildman–Crippen LogP) is 4.44. The normalized spacial score (nSPS) is 15.2. The highest BCUT2D eigenvalue weighted by molar-refractivity contribution is 7.93. The molecule has 0 atom stereocenters. The van der Waals surface area contributed by atoms with Crippen molar-refractivity contribution in [2.24, 2.45) is 5.92 Å². The van der Waals surface area contributed by atoms with Gasteiger partial charge >= 0.3 is 6.03 Å². The number of benzene rings is 2. The zero-order chi connectivity index (χ0) is 22.1. The van der Waals surface area contributed by atoms with Crippen molar-refractivity contribution in [2.75, 3.05) is 20.2 Å². The number of urea groups is 1. The number of carbonyl (C=O) groups excluding carboxylic acids is 1. The first-order chi connectivity index (χ1) is 14.9. The smallest absolute Gasteiger partial charge is 0.331 e. The van der Waals surface area contributed by atoms with E-state index in [2.05, 4.69) is 16.9 Å². The molecule has 166 valence electrons. The van der Waals surface area contributed by atoms with Crippen LogP contribution in [0.3, 0.4) is 0 Å². The van der Waals surface area contributed by atoms with E-state index in [-0.39, 0.29) is 0 Å². The van der Waals surface area contributed by atoms with Gasteiger partial charge in [0.2, 0.25) is 0 Å². The molecule has 0 aliphatic carbocycles. The Morgan fingerprint density at radius 3 is 2.42 bits per heavy atom. The Morgan fingerprint density at radius 2 is 1.77 bits per heavy atom. The molecule has 1 heterocycles. The predicted molar refractivity (Wildman–Crippen MR) is 123 cm³/mol. The van der Waals surface area contributed by atoms with Gasteiger partial charge in [0.1, 0.15) is 5.75 Å². The number of amides is 2. The monoisotopic (exact) mass is 442 g/mol. The second-order valence-corrected chi connectivity index (χ2v) is 9.40. The van der Waals surface area contributed by atoms with Crippen LogP contribution in [0.25, 0.3) is 6.08 Å². The highest BCUT2D eigenvalue weighted by Gasteiger charge is 2.24. The zero-order valence-electron chi connectivity index (χ0n) is 17.9. The third-order valence-electron chi connectivity index (χ3n) is 5.61. The first-order valence-electron chi connectivity index (χ1n) is 10.6. The quantitative estimate of drug-likeness (QED) is 0.656. The highest BCUT2D eigenvalue weighted by Crippen LogP contribution is 2.23. The Hall–Kier alpha value is -2.80. The van der Waals surface area contributed by atoms with Gasteiger partial charge in [0.25, 0.3) is 10.0 Å². The van der Waals surface area contributed by atoms with E-state index >= 15 is 0 Å². The number of ether oxygens (including phenoxy) is 1. The molecule has 0 spiro atoms. The minimum Gasteiger partial charge on any atom is -0.497 e. The van der Waals surface area contributed by atoms with Crippen LogP contribution >= 0.6 is 0 Å². The number of nitrogens with zero attached hydrogens (tertiary/aromatic N) is 1. The Balaban J connectivity index is 1.39. The number of nitrogens with one attached hydrogen (secondary N) is 1. The van der Waals surface area contributed by atoms with E-state index in [1.165, 1.54) is 11.6 Å². The third-order valence-corrected chi connectivity index (χ3v) is 6.56. The standard InChI is InChI=1S/C24H30N2O4S/c1-30-23-12-10-21(11-13-23)8-5-9-22-14-17-26(18-15-22)24(27)25-31(28,29)19-16-20-6-3-2-4-7-20/h2-4,6-7,10-13,16,19,22H,5,8-9,14-15,17-18H2,1H3,(H,25,27)/b19-16+. The number of carbonyl (C=O) groups is 1. The number of rotatable bonds is 8. The average molecular weight is 443 g/mol. The van der Waals surface area contributed by atoms with Crippen LogP contribution in [-0.4, -0.2) is 39.5 Å². The molecule has 0 unspecified atom stereocenters. The lowest BCUT2D eigenvalue weighted by molar-refractivity contribution is 0.172. The van der Waals surface area contributed by atoms with E-state index in [1.807, 2.05) is 30.3 Å². The molecule has 1 aliphatic heterocycles. The molecule has 7 heteroatoms. The number of hydrogen-bond donors (Lipinski definition) is 1. The summed E-state index contributed by atoms with van der Waals surface area (Å²) >= 11 is 0. The van der Waals surface area contributed by atoms with Crippen molar-refractivity contribution in [1.29, 1.82) is 0 Å². The molecular weight excluding hydrogens is 412 g/mol. The largest absolute Gasteiger partial charge is 0.497 e. The first-order valence-corrected chi connectivity index (χ1v) is 12.2. The number of methoxy groups -OCH3 is 1.